The van der Waals surface area contributed by atoms with Crippen molar-refractivity contribution in [1.29, 1.82) is 0 Å². The molecule has 4 amide bonds. The van der Waals surface area contributed by atoms with Gasteiger partial charge in [-0.1, -0.05) is 48.5 Å². The maximum atomic E-state index is 13.0. The van der Waals surface area contributed by atoms with Crippen LogP contribution in [0, 0.1) is 0 Å². The second-order valence-electron chi connectivity index (χ2n) is 7.06. The number of imide groups is 1. The van der Waals surface area contributed by atoms with Gasteiger partial charge in [-0.05, 0) is 38.0 Å². The van der Waals surface area contributed by atoms with Crippen LogP contribution in [0.4, 0.5) is 10.5 Å². The van der Waals surface area contributed by atoms with Gasteiger partial charge >= 0.3 is 6.03 Å². The fourth-order valence-corrected chi connectivity index (χ4v) is 3.07. The van der Waals surface area contributed by atoms with Crippen molar-refractivity contribution in [1.82, 2.24) is 10.2 Å². The number of hydrogen-bond acceptors (Lipinski definition) is 3. The van der Waals surface area contributed by atoms with Gasteiger partial charge in [-0.3, -0.25) is 14.5 Å². The van der Waals surface area contributed by atoms with Crippen molar-refractivity contribution < 1.29 is 14.4 Å². The van der Waals surface area contributed by atoms with Crippen molar-refractivity contribution in [3.05, 3.63) is 66.2 Å². The Morgan fingerprint density at radius 3 is 2.15 bits per heavy atom. The van der Waals surface area contributed by atoms with Crippen LogP contribution in [0.15, 0.2) is 60.7 Å². The molecule has 6 heteroatoms. The van der Waals surface area contributed by atoms with Crippen molar-refractivity contribution in [3.63, 3.8) is 0 Å². The first-order valence-electron chi connectivity index (χ1n) is 8.92. The predicted octanol–water partition coefficient (Wildman–Crippen LogP) is 2.59. The molecule has 1 fully saturated rings. The number of nitrogens with one attached hydrogen (secondary N) is 1. The van der Waals surface area contributed by atoms with Crippen LogP contribution in [-0.4, -0.2) is 41.4 Å². The first-order valence-corrected chi connectivity index (χ1v) is 8.92. The highest BCUT2D eigenvalue weighted by Crippen LogP contribution is 2.19. The van der Waals surface area contributed by atoms with Gasteiger partial charge in [0.2, 0.25) is 5.91 Å². The molecule has 2 aromatic rings. The van der Waals surface area contributed by atoms with Crippen LogP contribution < -0.4 is 10.2 Å². The number of para-hydroxylation sites is 1. The molecule has 1 N–H and O–H groups in total. The lowest BCUT2D eigenvalue weighted by atomic mass is 10.1. The van der Waals surface area contributed by atoms with E-state index in [0.29, 0.717) is 13.0 Å². The van der Waals surface area contributed by atoms with Gasteiger partial charge in [0.1, 0.15) is 12.1 Å². The minimum Gasteiger partial charge on any atom is -0.324 e. The Labute approximate surface area is 158 Å². The molecule has 0 saturated carbocycles. The predicted molar refractivity (Wildman–Crippen MR) is 103 cm³/mol. The molecule has 6 nitrogen and oxygen atoms in total. The number of carbonyl (C=O) groups is 3. The molecule has 140 valence electrons. The van der Waals surface area contributed by atoms with Crippen LogP contribution in [0.2, 0.25) is 0 Å². The number of urea groups is 1. The minimum absolute atomic E-state index is 0.280. The van der Waals surface area contributed by atoms with Gasteiger partial charge < -0.3 is 10.2 Å². The molecule has 1 saturated heterocycles. The van der Waals surface area contributed by atoms with Crippen LogP contribution in [0.3, 0.4) is 0 Å². The summed E-state index contributed by atoms with van der Waals surface area (Å²) in [5.41, 5.74) is 0.867. The smallest absolute Gasteiger partial charge is 0.324 e. The van der Waals surface area contributed by atoms with E-state index in [1.807, 2.05) is 60.7 Å². The minimum atomic E-state index is -0.987. The van der Waals surface area contributed by atoms with Crippen molar-refractivity contribution in [2.24, 2.45) is 0 Å². The van der Waals surface area contributed by atoms with E-state index in [0.717, 1.165) is 16.2 Å². The molecule has 27 heavy (non-hydrogen) atoms. The zero-order valence-electron chi connectivity index (χ0n) is 15.5. The molecule has 0 unspecified atom stereocenters. The number of amides is 4. The molecule has 3 rings (SSSR count). The summed E-state index contributed by atoms with van der Waals surface area (Å²) >= 11 is 0. The van der Waals surface area contributed by atoms with Crippen molar-refractivity contribution in [2.75, 3.05) is 18.0 Å². The molecule has 1 heterocycles. The summed E-state index contributed by atoms with van der Waals surface area (Å²) in [6.45, 7) is 3.43. The Hall–Kier alpha value is -3.15. The van der Waals surface area contributed by atoms with E-state index in [9.17, 15) is 14.4 Å². The summed E-state index contributed by atoms with van der Waals surface area (Å²) in [4.78, 5) is 40.1. The zero-order valence-corrected chi connectivity index (χ0v) is 15.5. The van der Waals surface area contributed by atoms with E-state index in [-0.39, 0.29) is 12.5 Å². The van der Waals surface area contributed by atoms with E-state index >= 15 is 0 Å². The number of benzene rings is 2. The quantitative estimate of drug-likeness (QED) is 0.800. The number of anilines is 1. The fourth-order valence-electron chi connectivity index (χ4n) is 3.07. The van der Waals surface area contributed by atoms with Gasteiger partial charge in [0.05, 0.1) is 0 Å². The first kappa shape index (κ1) is 18.6. The number of rotatable bonds is 6. The van der Waals surface area contributed by atoms with Crippen LogP contribution in [-0.2, 0) is 16.0 Å². The number of nitrogens with zero attached hydrogens (tertiary/aromatic N) is 2. The van der Waals surface area contributed by atoms with E-state index in [4.69, 9.17) is 0 Å². The van der Waals surface area contributed by atoms with Gasteiger partial charge in [0.25, 0.3) is 5.91 Å². The van der Waals surface area contributed by atoms with Crippen LogP contribution in [0.25, 0.3) is 0 Å². The molecule has 1 aliphatic heterocycles. The third-order valence-corrected chi connectivity index (χ3v) is 4.57. The highest BCUT2D eigenvalue weighted by atomic mass is 16.2. The molecule has 2 aromatic carbocycles. The summed E-state index contributed by atoms with van der Waals surface area (Å²) in [5, 5.41) is 2.60. The third-order valence-electron chi connectivity index (χ3n) is 4.57. The average Bonchev–Trinajstić information content (AvgIpc) is 2.85. The van der Waals surface area contributed by atoms with Crippen molar-refractivity contribution >= 4 is 23.5 Å². The lowest BCUT2D eigenvalue weighted by molar-refractivity contribution is -0.133. The number of hydrogen-bond donors (Lipinski definition) is 1. The topological polar surface area (TPSA) is 69.7 Å². The van der Waals surface area contributed by atoms with Gasteiger partial charge in [-0.2, -0.15) is 0 Å². The zero-order chi connectivity index (χ0) is 19.4. The Morgan fingerprint density at radius 2 is 1.59 bits per heavy atom. The third kappa shape index (κ3) is 4.16. The number of carbonyl (C=O) groups excluding carboxylic acids is 3. The van der Waals surface area contributed by atoms with Gasteiger partial charge in [-0.25, -0.2) is 4.79 Å². The van der Waals surface area contributed by atoms with Gasteiger partial charge in [-0.15, -0.1) is 0 Å². The van der Waals surface area contributed by atoms with Gasteiger partial charge in [0.15, 0.2) is 0 Å². The van der Waals surface area contributed by atoms with Crippen LogP contribution in [0.5, 0.6) is 0 Å². The van der Waals surface area contributed by atoms with Crippen molar-refractivity contribution in [3.8, 4) is 0 Å². The summed E-state index contributed by atoms with van der Waals surface area (Å²) in [7, 11) is 0. The molecule has 0 aromatic heterocycles. The highest BCUT2D eigenvalue weighted by Gasteiger charge is 2.45. The summed E-state index contributed by atoms with van der Waals surface area (Å²) in [6, 6.07) is 18.6. The second kappa shape index (κ2) is 7.61. The normalized spacial score (nSPS) is 15.6. The summed E-state index contributed by atoms with van der Waals surface area (Å²) < 4.78 is 0. The second-order valence-corrected chi connectivity index (χ2v) is 7.06. The Balaban J connectivity index is 1.77. The lowest BCUT2D eigenvalue weighted by Crippen LogP contribution is -2.45. The van der Waals surface area contributed by atoms with E-state index < -0.39 is 17.5 Å². The first-order chi connectivity index (χ1) is 12.9. The maximum Gasteiger partial charge on any atom is 0.325 e. The lowest BCUT2D eigenvalue weighted by Gasteiger charge is -2.25. The monoisotopic (exact) mass is 365 g/mol. The average molecular weight is 365 g/mol. The van der Waals surface area contributed by atoms with Crippen molar-refractivity contribution in [2.45, 2.75) is 25.8 Å². The Bertz CT molecular complexity index is 834. The largest absolute Gasteiger partial charge is 0.325 e. The molecular weight excluding hydrogens is 342 g/mol. The summed E-state index contributed by atoms with van der Waals surface area (Å²) in [5.74, 6) is -0.685. The molecule has 0 radical (unpaired) electrons. The Morgan fingerprint density at radius 1 is 1.00 bits per heavy atom. The van der Waals surface area contributed by atoms with Gasteiger partial charge in [0, 0.05) is 12.2 Å². The molecule has 0 spiro atoms. The summed E-state index contributed by atoms with van der Waals surface area (Å²) in [6.07, 6.45) is 0.674. The SMILES string of the molecule is CC1(C)NC(=O)N(CC(=O)N(CCc2ccccc2)c2ccccc2)C1=O. The van der Waals surface area contributed by atoms with E-state index in [2.05, 4.69) is 5.32 Å². The fraction of sp³-hybridized carbons (Fsp3) is 0.286. The van der Waals surface area contributed by atoms with Crippen LogP contribution >= 0.6 is 0 Å². The van der Waals surface area contributed by atoms with Crippen LogP contribution in [0.1, 0.15) is 19.4 Å². The molecular formula is C21H23N3O3. The standard InChI is InChI=1S/C21H23N3O3/c1-21(2)19(26)24(20(27)22-21)15-18(25)23(17-11-7-4-8-12-17)14-13-16-9-5-3-6-10-16/h3-12H,13-15H2,1-2H3,(H,22,27). The maximum absolute atomic E-state index is 13.0. The molecule has 0 aliphatic carbocycles. The Kier molecular flexibility index (Phi) is 5.26. The molecule has 1 aliphatic rings. The molecule has 0 atom stereocenters. The highest BCUT2D eigenvalue weighted by molar-refractivity contribution is 6.10. The van der Waals surface area contributed by atoms with E-state index in [1.54, 1.807) is 18.7 Å². The molecule has 0 bridgehead atoms. The van der Waals surface area contributed by atoms with E-state index in [1.165, 1.54) is 0 Å².